The van der Waals surface area contributed by atoms with Gasteiger partial charge in [0.1, 0.15) is 17.7 Å². The van der Waals surface area contributed by atoms with E-state index in [-0.39, 0.29) is 44.5 Å². The van der Waals surface area contributed by atoms with Gasteiger partial charge in [-0.1, -0.05) is 48.5 Å². The molecule has 2 aliphatic carbocycles. The van der Waals surface area contributed by atoms with Gasteiger partial charge in [0.05, 0.1) is 40.5 Å². The van der Waals surface area contributed by atoms with E-state index in [9.17, 15) is 52.7 Å². The van der Waals surface area contributed by atoms with E-state index in [1.54, 1.807) is 42.5 Å². The first kappa shape index (κ1) is 32.1. The van der Waals surface area contributed by atoms with E-state index in [1.165, 1.54) is 25.1 Å². The molecule has 5 nitrogen and oxygen atoms in total. The average Bonchev–Trinajstić information content (AvgIpc) is 3.60. The summed E-state index contributed by atoms with van der Waals surface area (Å²) in [6.45, 7) is 1.50. The third-order valence-corrected chi connectivity index (χ3v) is 8.45. The summed E-state index contributed by atoms with van der Waals surface area (Å²) in [5, 5.41) is 49.1. The molecule has 0 saturated carbocycles. The Morgan fingerprint density at radius 3 is 1.33 bits per heavy atom. The van der Waals surface area contributed by atoms with Gasteiger partial charge in [-0.05, 0) is 75.7 Å². The molecule has 6 rings (SSSR count). The van der Waals surface area contributed by atoms with Crippen molar-refractivity contribution >= 4 is 22.3 Å². The maximum absolute atomic E-state index is 14.0. The van der Waals surface area contributed by atoms with E-state index in [0.29, 0.717) is 33.4 Å². The standard InChI is InChI=1S/C38H15F6N5/c1-19(14-45)31-33-25(20-8-10-22(15-46)29(12-20)37(39,40)41)4-2-6-27(33)36-32(24(17-48)18-49)34-26(5-3-7-28(34)35(31)36)21-9-11-23(16-47)30(13-21)38(42,43)44/h2-13H,1H3/b31-19-. The molecule has 2 aliphatic rings. The van der Waals surface area contributed by atoms with Crippen molar-refractivity contribution in [1.82, 2.24) is 0 Å². The maximum Gasteiger partial charge on any atom is 0.417 e. The molecule has 0 saturated heterocycles. The SMILES string of the molecule is C/C(C#N)=C1/C2=C(C(=C(C#N)C#N)c3c2cccc3-c2ccc(C#N)c(C(F)(F)F)c2)c2cccc(-c3ccc(C#N)c(C(F)(F)F)c3)c21. The highest BCUT2D eigenvalue weighted by atomic mass is 19.4. The molecule has 4 aromatic carbocycles. The first-order valence-corrected chi connectivity index (χ1v) is 14.2. The van der Waals surface area contributed by atoms with Crippen molar-refractivity contribution < 1.29 is 26.3 Å². The molecule has 0 heterocycles. The Kier molecular flexibility index (Phi) is 7.48. The second kappa shape index (κ2) is 11.4. The lowest BCUT2D eigenvalue weighted by molar-refractivity contribution is -0.138. The summed E-state index contributed by atoms with van der Waals surface area (Å²) in [6.07, 6.45) is -9.72. The number of hydrogen-bond donors (Lipinski definition) is 0. The van der Waals surface area contributed by atoms with E-state index in [4.69, 9.17) is 0 Å². The van der Waals surface area contributed by atoms with Crippen molar-refractivity contribution in [1.29, 1.82) is 26.3 Å². The third kappa shape index (κ3) is 4.92. The minimum atomic E-state index is -4.87. The number of hydrogen-bond acceptors (Lipinski definition) is 5. The lowest BCUT2D eigenvalue weighted by atomic mass is 9.83. The molecule has 0 amide bonds. The fourth-order valence-corrected chi connectivity index (χ4v) is 6.49. The fraction of sp³-hybridized carbons (Fsp3) is 0.0789. The van der Waals surface area contributed by atoms with Crippen LogP contribution in [0.15, 0.2) is 83.9 Å². The van der Waals surface area contributed by atoms with Gasteiger partial charge in [0.15, 0.2) is 0 Å². The number of nitriles is 5. The van der Waals surface area contributed by atoms with Gasteiger partial charge in [0.2, 0.25) is 0 Å². The summed E-state index contributed by atoms with van der Waals surface area (Å²) in [7, 11) is 0. The van der Waals surface area contributed by atoms with Crippen LogP contribution in [0.4, 0.5) is 26.3 Å². The van der Waals surface area contributed by atoms with Gasteiger partial charge in [0.25, 0.3) is 0 Å². The van der Waals surface area contributed by atoms with Crippen molar-refractivity contribution in [3.8, 4) is 52.6 Å². The van der Waals surface area contributed by atoms with Crippen LogP contribution in [0.25, 0.3) is 44.5 Å². The Bertz CT molecular complexity index is 2460. The van der Waals surface area contributed by atoms with Gasteiger partial charge in [-0.2, -0.15) is 52.7 Å². The monoisotopic (exact) mass is 655 g/mol. The molecule has 11 heteroatoms. The largest absolute Gasteiger partial charge is 0.417 e. The number of allylic oxidation sites excluding steroid dienone is 6. The molecule has 234 valence electrons. The highest BCUT2D eigenvalue weighted by molar-refractivity contribution is 6.39. The molecule has 0 bridgehead atoms. The minimum Gasteiger partial charge on any atom is -0.193 e. The summed E-state index contributed by atoms with van der Waals surface area (Å²) in [6, 6.07) is 24.8. The van der Waals surface area contributed by atoms with Crippen molar-refractivity contribution in [2.24, 2.45) is 0 Å². The number of benzene rings is 4. The molecule has 4 aromatic rings. The molecule has 0 N–H and O–H groups in total. The molecule has 0 spiro atoms. The topological polar surface area (TPSA) is 119 Å². The maximum atomic E-state index is 14.0. The summed E-state index contributed by atoms with van der Waals surface area (Å²) in [5.41, 5.74) is -0.658. The molecule has 0 aliphatic heterocycles. The average molecular weight is 656 g/mol. The van der Waals surface area contributed by atoms with Crippen molar-refractivity contribution in [3.63, 3.8) is 0 Å². The van der Waals surface area contributed by atoms with Gasteiger partial charge in [0, 0.05) is 27.9 Å². The zero-order valence-electron chi connectivity index (χ0n) is 24.9. The van der Waals surface area contributed by atoms with Gasteiger partial charge >= 0.3 is 12.4 Å². The second-order valence-electron chi connectivity index (χ2n) is 11.0. The molecule has 0 unspecified atom stereocenters. The highest BCUT2D eigenvalue weighted by Gasteiger charge is 2.42. The van der Waals surface area contributed by atoms with Gasteiger partial charge in [-0.25, -0.2) is 0 Å². The second-order valence-corrected chi connectivity index (χ2v) is 11.0. The normalized spacial score (nSPS) is 14.0. The smallest absolute Gasteiger partial charge is 0.193 e. The van der Waals surface area contributed by atoms with Crippen molar-refractivity contribution in [2.75, 3.05) is 0 Å². The highest BCUT2D eigenvalue weighted by Crippen LogP contribution is 2.62. The van der Waals surface area contributed by atoms with Gasteiger partial charge < -0.3 is 0 Å². The minimum absolute atomic E-state index is 0.0471. The Morgan fingerprint density at radius 2 is 0.939 bits per heavy atom. The Hall–Kier alpha value is -6.87. The Labute approximate surface area is 275 Å². The van der Waals surface area contributed by atoms with E-state index >= 15 is 0 Å². The van der Waals surface area contributed by atoms with Crippen LogP contribution in [-0.4, -0.2) is 0 Å². The van der Waals surface area contributed by atoms with Crippen molar-refractivity contribution in [3.05, 3.63) is 128 Å². The number of halogens is 6. The first-order chi connectivity index (χ1) is 23.3. The number of fused-ring (bicyclic) bond motifs is 4. The van der Waals surface area contributed by atoms with Crippen molar-refractivity contribution in [2.45, 2.75) is 19.3 Å². The zero-order chi connectivity index (χ0) is 35.4. The summed E-state index contributed by atoms with van der Waals surface area (Å²) >= 11 is 0. The van der Waals surface area contributed by atoms with Crippen LogP contribution in [0.5, 0.6) is 0 Å². The molecular weight excluding hydrogens is 640 g/mol. The van der Waals surface area contributed by atoms with Gasteiger partial charge in [-0.15, -0.1) is 0 Å². The lowest BCUT2D eigenvalue weighted by Gasteiger charge is -2.20. The Morgan fingerprint density at radius 1 is 0.531 bits per heavy atom. The summed E-state index contributed by atoms with van der Waals surface area (Å²) < 4.78 is 83.9. The molecule has 0 atom stereocenters. The zero-order valence-corrected chi connectivity index (χ0v) is 24.9. The van der Waals surface area contributed by atoms with E-state index in [2.05, 4.69) is 6.07 Å². The molecule has 0 radical (unpaired) electrons. The summed E-state index contributed by atoms with van der Waals surface area (Å²) in [5.74, 6) is 0. The Balaban J connectivity index is 1.70. The molecular formula is C38H15F6N5. The van der Waals surface area contributed by atoms with Crippen LogP contribution < -0.4 is 0 Å². The molecule has 0 fully saturated rings. The van der Waals surface area contributed by atoms with E-state index in [0.717, 1.165) is 24.3 Å². The molecule has 49 heavy (non-hydrogen) atoms. The summed E-state index contributed by atoms with van der Waals surface area (Å²) in [4.78, 5) is 0. The number of nitrogens with zero attached hydrogens (tertiary/aromatic N) is 5. The predicted octanol–water partition coefficient (Wildman–Crippen LogP) is 9.84. The van der Waals surface area contributed by atoms with Crippen LogP contribution in [0.2, 0.25) is 0 Å². The van der Waals surface area contributed by atoms with Gasteiger partial charge in [-0.3, -0.25) is 0 Å². The quantitative estimate of drug-likeness (QED) is 0.157. The van der Waals surface area contributed by atoms with Crippen LogP contribution in [0.3, 0.4) is 0 Å². The first-order valence-electron chi connectivity index (χ1n) is 14.2. The van der Waals surface area contributed by atoms with E-state index < -0.39 is 34.6 Å². The predicted molar refractivity (Wildman–Crippen MR) is 166 cm³/mol. The van der Waals surface area contributed by atoms with Crippen LogP contribution in [0.1, 0.15) is 51.4 Å². The lowest BCUT2D eigenvalue weighted by Crippen LogP contribution is -2.08. The number of alkyl halides is 6. The third-order valence-electron chi connectivity index (χ3n) is 8.45. The fourth-order valence-electron chi connectivity index (χ4n) is 6.49. The number of rotatable bonds is 2. The van der Waals surface area contributed by atoms with Crippen LogP contribution >= 0.6 is 0 Å². The van der Waals surface area contributed by atoms with Crippen LogP contribution in [-0.2, 0) is 12.4 Å². The van der Waals surface area contributed by atoms with E-state index in [1.807, 2.05) is 12.1 Å². The van der Waals surface area contributed by atoms with Crippen LogP contribution in [0, 0.1) is 56.7 Å². The molecule has 0 aromatic heterocycles.